The summed E-state index contributed by atoms with van der Waals surface area (Å²) in [6.45, 7) is 7.30. The van der Waals surface area contributed by atoms with Gasteiger partial charge in [-0.3, -0.25) is 0 Å². The van der Waals surface area contributed by atoms with Gasteiger partial charge in [-0.2, -0.15) is 0 Å². The van der Waals surface area contributed by atoms with E-state index in [4.69, 9.17) is 4.74 Å². The maximum atomic E-state index is 10.5. The Balaban J connectivity index is 3.39. The SMILES string of the molecule is CCCCCCCCCCCCCCCCC(C)(O)CC(O)COCCCC. The Bertz CT molecular complexity index is 304. The minimum absolute atomic E-state index is 0.342. The maximum Gasteiger partial charge on any atom is 0.0800 e. The summed E-state index contributed by atoms with van der Waals surface area (Å²) in [5, 5.41) is 20.5. The monoisotopic (exact) mass is 400 g/mol. The summed E-state index contributed by atoms with van der Waals surface area (Å²) < 4.78 is 5.45. The zero-order valence-corrected chi connectivity index (χ0v) is 19.5. The van der Waals surface area contributed by atoms with Gasteiger partial charge in [-0.05, 0) is 19.8 Å². The lowest BCUT2D eigenvalue weighted by Gasteiger charge is -2.26. The minimum Gasteiger partial charge on any atom is -0.391 e. The van der Waals surface area contributed by atoms with Crippen molar-refractivity contribution in [3.05, 3.63) is 0 Å². The molecule has 0 aromatic rings. The Labute approximate surface area is 176 Å². The lowest BCUT2D eigenvalue weighted by Crippen LogP contribution is -2.32. The summed E-state index contributed by atoms with van der Waals surface area (Å²) in [4.78, 5) is 0. The highest BCUT2D eigenvalue weighted by Gasteiger charge is 2.23. The van der Waals surface area contributed by atoms with Crippen LogP contribution in [0.1, 0.15) is 136 Å². The highest BCUT2D eigenvalue weighted by molar-refractivity contribution is 4.76. The molecule has 170 valence electrons. The first-order valence-corrected chi connectivity index (χ1v) is 12.5. The number of aliphatic hydroxyl groups excluding tert-OH is 1. The van der Waals surface area contributed by atoms with E-state index < -0.39 is 11.7 Å². The molecule has 0 aromatic carbocycles. The third kappa shape index (κ3) is 20.6. The van der Waals surface area contributed by atoms with E-state index >= 15 is 0 Å². The molecule has 0 amide bonds. The first-order chi connectivity index (χ1) is 13.5. The number of aliphatic hydroxyl groups is 2. The molecule has 3 heteroatoms. The summed E-state index contributed by atoms with van der Waals surface area (Å²) in [6, 6.07) is 0. The third-order valence-electron chi connectivity index (χ3n) is 5.70. The molecule has 0 aliphatic carbocycles. The van der Waals surface area contributed by atoms with Crippen LogP contribution in [0.25, 0.3) is 0 Å². The molecule has 0 aliphatic rings. The standard InChI is InChI=1S/C25H52O3/c1-4-6-8-9-10-11-12-13-14-15-16-17-18-19-20-25(3,27)22-24(26)23-28-21-7-5-2/h24,26-27H,4-23H2,1-3H3. The van der Waals surface area contributed by atoms with E-state index in [0.717, 1.165) is 25.7 Å². The molecule has 0 rings (SSSR count). The van der Waals surface area contributed by atoms with E-state index in [-0.39, 0.29) is 0 Å². The number of rotatable bonds is 22. The van der Waals surface area contributed by atoms with Gasteiger partial charge in [0.2, 0.25) is 0 Å². The topological polar surface area (TPSA) is 49.7 Å². The van der Waals surface area contributed by atoms with Gasteiger partial charge in [0.25, 0.3) is 0 Å². The summed E-state index contributed by atoms with van der Waals surface area (Å²) in [7, 11) is 0. The molecule has 3 nitrogen and oxygen atoms in total. The Morgan fingerprint density at radius 2 is 1.11 bits per heavy atom. The molecule has 0 aliphatic heterocycles. The van der Waals surface area contributed by atoms with Gasteiger partial charge in [-0.25, -0.2) is 0 Å². The first-order valence-electron chi connectivity index (χ1n) is 12.5. The molecule has 2 atom stereocenters. The number of ether oxygens (including phenoxy) is 1. The second-order valence-corrected chi connectivity index (χ2v) is 9.13. The molecule has 28 heavy (non-hydrogen) atoms. The van der Waals surface area contributed by atoms with E-state index in [1.807, 2.05) is 6.92 Å². The quantitative estimate of drug-likeness (QED) is 0.189. The molecular weight excluding hydrogens is 348 g/mol. The minimum atomic E-state index is -0.773. The van der Waals surface area contributed by atoms with Crippen molar-refractivity contribution in [3.63, 3.8) is 0 Å². The van der Waals surface area contributed by atoms with Crippen LogP contribution >= 0.6 is 0 Å². The van der Waals surface area contributed by atoms with Gasteiger partial charge >= 0.3 is 0 Å². The van der Waals surface area contributed by atoms with Gasteiger partial charge in [-0.1, -0.05) is 110 Å². The summed E-state index contributed by atoms with van der Waals surface area (Å²) >= 11 is 0. The van der Waals surface area contributed by atoms with E-state index in [1.54, 1.807) is 0 Å². The van der Waals surface area contributed by atoms with Crippen molar-refractivity contribution >= 4 is 0 Å². The Morgan fingerprint density at radius 1 is 0.679 bits per heavy atom. The van der Waals surface area contributed by atoms with Crippen molar-refractivity contribution in [2.24, 2.45) is 0 Å². The summed E-state index contributed by atoms with van der Waals surface area (Å²) in [5.41, 5.74) is -0.773. The predicted octanol–water partition coefficient (Wildman–Crippen LogP) is 7.18. The van der Waals surface area contributed by atoms with Crippen LogP contribution in [-0.4, -0.2) is 35.1 Å². The van der Waals surface area contributed by atoms with Crippen LogP contribution in [0.5, 0.6) is 0 Å². The number of hydrogen-bond acceptors (Lipinski definition) is 3. The van der Waals surface area contributed by atoms with Gasteiger partial charge < -0.3 is 14.9 Å². The molecule has 0 heterocycles. The van der Waals surface area contributed by atoms with Crippen molar-refractivity contribution in [1.82, 2.24) is 0 Å². The van der Waals surface area contributed by atoms with Gasteiger partial charge in [0.1, 0.15) is 0 Å². The second-order valence-electron chi connectivity index (χ2n) is 9.13. The molecule has 0 aromatic heterocycles. The number of hydrogen-bond donors (Lipinski definition) is 2. The predicted molar refractivity (Wildman–Crippen MR) is 122 cm³/mol. The maximum absolute atomic E-state index is 10.5. The van der Waals surface area contributed by atoms with Gasteiger partial charge in [0.15, 0.2) is 0 Å². The fourth-order valence-electron chi connectivity index (χ4n) is 3.83. The van der Waals surface area contributed by atoms with Crippen LogP contribution in [0.3, 0.4) is 0 Å². The molecule has 2 unspecified atom stereocenters. The van der Waals surface area contributed by atoms with Crippen molar-refractivity contribution < 1.29 is 14.9 Å². The van der Waals surface area contributed by atoms with E-state index in [1.165, 1.54) is 83.5 Å². The summed E-state index contributed by atoms with van der Waals surface area (Å²) in [5.74, 6) is 0. The average molecular weight is 401 g/mol. The zero-order chi connectivity index (χ0) is 20.9. The van der Waals surface area contributed by atoms with Crippen LogP contribution in [0, 0.1) is 0 Å². The molecule has 2 N–H and O–H groups in total. The van der Waals surface area contributed by atoms with Crippen LogP contribution in [-0.2, 0) is 4.74 Å². The van der Waals surface area contributed by atoms with Gasteiger partial charge in [0, 0.05) is 13.0 Å². The molecular formula is C25H52O3. The Morgan fingerprint density at radius 3 is 1.57 bits per heavy atom. The summed E-state index contributed by atoms with van der Waals surface area (Å²) in [6.07, 6.45) is 21.6. The molecule has 0 spiro atoms. The highest BCUT2D eigenvalue weighted by atomic mass is 16.5. The molecule has 0 bridgehead atoms. The first kappa shape index (κ1) is 27.9. The fourth-order valence-corrected chi connectivity index (χ4v) is 3.83. The fraction of sp³-hybridized carbons (Fsp3) is 1.00. The highest BCUT2D eigenvalue weighted by Crippen LogP contribution is 2.21. The molecule has 0 saturated carbocycles. The van der Waals surface area contributed by atoms with Crippen LogP contribution in [0.2, 0.25) is 0 Å². The zero-order valence-electron chi connectivity index (χ0n) is 19.5. The van der Waals surface area contributed by atoms with Gasteiger partial charge in [0.05, 0.1) is 18.3 Å². The normalized spacial score (nSPS) is 14.9. The lowest BCUT2D eigenvalue weighted by molar-refractivity contribution is -0.0359. The largest absolute Gasteiger partial charge is 0.391 e. The van der Waals surface area contributed by atoms with Crippen molar-refractivity contribution in [2.75, 3.05) is 13.2 Å². The van der Waals surface area contributed by atoms with Crippen LogP contribution in [0.15, 0.2) is 0 Å². The Hall–Kier alpha value is -0.120. The third-order valence-corrected chi connectivity index (χ3v) is 5.70. The Kier molecular flexibility index (Phi) is 20.1. The van der Waals surface area contributed by atoms with E-state index in [9.17, 15) is 10.2 Å². The van der Waals surface area contributed by atoms with Crippen LogP contribution < -0.4 is 0 Å². The van der Waals surface area contributed by atoms with E-state index in [0.29, 0.717) is 19.6 Å². The molecule has 0 fully saturated rings. The lowest BCUT2D eigenvalue weighted by atomic mass is 9.92. The number of unbranched alkanes of at least 4 members (excludes halogenated alkanes) is 14. The van der Waals surface area contributed by atoms with Crippen molar-refractivity contribution in [1.29, 1.82) is 0 Å². The second kappa shape index (κ2) is 20.2. The van der Waals surface area contributed by atoms with Gasteiger partial charge in [-0.15, -0.1) is 0 Å². The van der Waals surface area contributed by atoms with Crippen molar-refractivity contribution in [2.45, 2.75) is 148 Å². The average Bonchev–Trinajstić information content (AvgIpc) is 2.65. The smallest absolute Gasteiger partial charge is 0.0800 e. The van der Waals surface area contributed by atoms with E-state index in [2.05, 4.69) is 13.8 Å². The molecule has 0 saturated heterocycles. The van der Waals surface area contributed by atoms with Crippen molar-refractivity contribution in [3.8, 4) is 0 Å². The van der Waals surface area contributed by atoms with Crippen LogP contribution in [0.4, 0.5) is 0 Å². The molecule has 0 radical (unpaired) electrons.